The molecule has 19 heavy (non-hydrogen) atoms. The molecule has 1 nitrogen and oxygen atoms in total. The molecule has 0 aliphatic heterocycles. The van der Waals surface area contributed by atoms with Crippen molar-refractivity contribution in [3.05, 3.63) is 28.8 Å². The van der Waals surface area contributed by atoms with Crippen LogP contribution in [0.15, 0.2) is 12.1 Å². The molecule has 0 bridgehead atoms. The van der Waals surface area contributed by atoms with Crippen molar-refractivity contribution in [3.63, 3.8) is 0 Å². The molecule has 0 radical (unpaired) electrons. The van der Waals surface area contributed by atoms with Crippen molar-refractivity contribution in [1.29, 1.82) is 0 Å². The van der Waals surface area contributed by atoms with Gasteiger partial charge in [0.1, 0.15) is 5.75 Å². The summed E-state index contributed by atoms with van der Waals surface area (Å²) < 4.78 is 5.78. The van der Waals surface area contributed by atoms with Crippen molar-refractivity contribution < 1.29 is 4.74 Å². The van der Waals surface area contributed by atoms with Crippen LogP contribution in [0.25, 0.3) is 0 Å². The highest BCUT2D eigenvalue weighted by Crippen LogP contribution is 2.31. The predicted octanol–water partition coefficient (Wildman–Crippen LogP) is 4.86. The second-order valence-corrected chi connectivity index (χ2v) is 5.29. The smallest absolute Gasteiger partial charge is 0.122 e. The highest BCUT2D eigenvalue weighted by molar-refractivity contribution is 5.43. The molecule has 2 atom stereocenters. The molecule has 0 heterocycles. The van der Waals surface area contributed by atoms with Crippen LogP contribution in [0.2, 0.25) is 0 Å². The molecule has 104 valence electrons. The molecule has 0 saturated heterocycles. The van der Waals surface area contributed by atoms with Gasteiger partial charge in [-0.1, -0.05) is 32.8 Å². The third-order valence-electron chi connectivity index (χ3n) is 3.64. The van der Waals surface area contributed by atoms with Crippen molar-refractivity contribution in [2.45, 2.75) is 53.9 Å². The Kier molecular flexibility index (Phi) is 5.96. The number of aryl methyl sites for hydroxylation is 2. The molecule has 0 saturated carbocycles. The van der Waals surface area contributed by atoms with Crippen molar-refractivity contribution in [3.8, 4) is 17.6 Å². The lowest BCUT2D eigenvalue weighted by molar-refractivity contribution is 0.315. The SMILES string of the molecule is CC#CC(C)C(C)c1cc(C)c(OCCC)cc1C. The summed E-state index contributed by atoms with van der Waals surface area (Å²) in [5.74, 6) is 8.12. The first-order valence-electron chi connectivity index (χ1n) is 7.17. The van der Waals surface area contributed by atoms with Crippen LogP contribution in [0, 0.1) is 31.6 Å². The average Bonchev–Trinajstić information content (AvgIpc) is 2.38. The van der Waals surface area contributed by atoms with E-state index < -0.39 is 0 Å². The number of hydrogen-bond acceptors (Lipinski definition) is 1. The van der Waals surface area contributed by atoms with E-state index in [1.165, 1.54) is 16.7 Å². The van der Waals surface area contributed by atoms with Crippen LogP contribution in [0.5, 0.6) is 5.75 Å². The van der Waals surface area contributed by atoms with Gasteiger partial charge in [-0.3, -0.25) is 0 Å². The third-order valence-corrected chi connectivity index (χ3v) is 3.64. The van der Waals surface area contributed by atoms with E-state index in [1.807, 2.05) is 6.92 Å². The summed E-state index contributed by atoms with van der Waals surface area (Å²) in [4.78, 5) is 0. The summed E-state index contributed by atoms with van der Waals surface area (Å²) in [5.41, 5.74) is 3.91. The Labute approximate surface area is 118 Å². The molecule has 0 spiro atoms. The summed E-state index contributed by atoms with van der Waals surface area (Å²) in [6.07, 6.45) is 1.04. The van der Waals surface area contributed by atoms with Gasteiger partial charge in [0.05, 0.1) is 6.61 Å². The molecule has 1 rings (SSSR count). The van der Waals surface area contributed by atoms with Crippen LogP contribution in [-0.4, -0.2) is 6.61 Å². The van der Waals surface area contributed by atoms with Gasteiger partial charge in [-0.25, -0.2) is 0 Å². The van der Waals surface area contributed by atoms with Crippen LogP contribution in [0.4, 0.5) is 0 Å². The molecule has 1 heteroatoms. The van der Waals surface area contributed by atoms with Gasteiger partial charge in [0.2, 0.25) is 0 Å². The lowest BCUT2D eigenvalue weighted by Crippen LogP contribution is -2.07. The van der Waals surface area contributed by atoms with Gasteiger partial charge in [0.25, 0.3) is 0 Å². The fourth-order valence-electron chi connectivity index (χ4n) is 2.29. The highest BCUT2D eigenvalue weighted by atomic mass is 16.5. The van der Waals surface area contributed by atoms with Gasteiger partial charge in [-0.2, -0.15) is 0 Å². The normalized spacial score (nSPS) is 13.4. The Morgan fingerprint density at radius 1 is 1.16 bits per heavy atom. The van der Waals surface area contributed by atoms with Gasteiger partial charge < -0.3 is 4.74 Å². The first-order valence-corrected chi connectivity index (χ1v) is 7.17. The quantitative estimate of drug-likeness (QED) is 0.686. The van der Waals surface area contributed by atoms with Crippen LogP contribution in [0.3, 0.4) is 0 Å². The average molecular weight is 258 g/mol. The van der Waals surface area contributed by atoms with Crippen molar-refractivity contribution in [2.24, 2.45) is 5.92 Å². The second-order valence-electron chi connectivity index (χ2n) is 5.29. The highest BCUT2D eigenvalue weighted by Gasteiger charge is 2.16. The minimum absolute atomic E-state index is 0.380. The molecule has 0 aliphatic rings. The Hall–Kier alpha value is -1.42. The van der Waals surface area contributed by atoms with Crippen LogP contribution < -0.4 is 4.74 Å². The van der Waals surface area contributed by atoms with E-state index in [2.05, 4.69) is 58.6 Å². The fourth-order valence-corrected chi connectivity index (χ4v) is 2.29. The van der Waals surface area contributed by atoms with E-state index in [1.54, 1.807) is 0 Å². The zero-order valence-corrected chi connectivity index (χ0v) is 13.1. The Balaban J connectivity index is 3.03. The zero-order chi connectivity index (χ0) is 14.4. The third kappa shape index (κ3) is 4.03. The Morgan fingerprint density at radius 2 is 1.84 bits per heavy atom. The fraction of sp³-hybridized carbons (Fsp3) is 0.556. The molecule has 0 aliphatic carbocycles. The number of rotatable bonds is 5. The minimum atomic E-state index is 0.380. The first-order chi connectivity index (χ1) is 9.01. The van der Waals surface area contributed by atoms with Crippen LogP contribution >= 0.6 is 0 Å². The number of hydrogen-bond donors (Lipinski definition) is 0. The maximum absolute atomic E-state index is 5.78. The van der Waals surface area contributed by atoms with Crippen molar-refractivity contribution >= 4 is 0 Å². The minimum Gasteiger partial charge on any atom is -0.493 e. The van der Waals surface area contributed by atoms with Gasteiger partial charge in [-0.15, -0.1) is 5.92 Å². The Bertz CT molecular complexity index is 476. The molecule has 1 aromatic carbocycles. The molecule has 1 aromatic rings. The molecular formula is C18H26O. The van der Waals surface area contributed by atoms with Crippen molar-refractivity contribution in [1.82, 2.24) is 0 Å². The van der Waals surface area contributed by atoms with E-state index in [9.17, 15) is 0 Å². The largest absolute Gasteiger partial charge is 0.493 e. The zero-order valence-electron chi connectivity index (χ0n) is 13.1. The molecular weight excluding hydrogens is 232 g/mol. The summed E-state index contributed by atoms with van der Waals surface area (Å²) in [7, 11) is 0. The standard InChI is InChI=1S/C18H26O/c1-7-9-13(3)16(6)17-11-15(5)18(12-14(17)4)19-10-8-2/h11-13,16H,8,10H2,1-6H3. The molecule has 2 unspecified atom stereocenters. The molecule has 0 fully saturated rings. The van der Waals surface area contributed by atoms with E-state index in [-0.39, 0.29) is 0 Å². The summed E-state index contributed by atoms with van der Waals surface area (Å²) in [6.45, 7) is 13.5. The van der Waals surface area contributed by atoms with Crippen LogP contribution in [0.1, 0.15) is 56.7 Å². The van der Waals surface area contributed by atoms with E-state index in [0.29, 0.717) is 11.8 Å². The second kappa shape index (κ2) is 7.24. The summed E-state index contributed by atoms with van der Waals surface area (Å²) in [5, 5.41) is 0. The Morgan fingerprint density at radius 3 is 2.42 bits per heavy atom. The van der Waals surface area contributed by atoms with Gasteiger partial charge >= 0.3 is 0 Å². The lowest BCUT2D eigenvalue weighted by atomic mass is 9.86. The maximum Gasteiger partial charge on any atom is 0.122 e. The monoisotopic (exact) mass is 258 g/mol. The maximum atomic E-state index is 5.78. The number of benzene rings is 1. The van der Waals surface area contributed by atoms with E-state index in [0.717, 1.165) is 18.8 Å². The van der Waals surface area contributed by atoms with Gasteiger partial charge in [0.15, 0.2) is 0 Å². The molecule has 0 N–H and O–H groups in total. The summed E-state index contributed by atoms with van der Waals surface area (Å²) >= 11 is 0. The number of ether oxygens (including phenoxy) is 1. The topological polar surface area (TPSA) is 9.23 Å². The molecule has 0 aromatic heterocycles. The molecule has 0 amide bonds. The van der Waals surface area contributed by atoms with Gasteiger partial charge in [-0.05, 0) is 55.9 Å². The van der Waals surface area contributed by atoms with Gasteiger partial charge in [0, 0.05) is 5.92 Å². The predicted molar refractivity (Wildman–Crippen MR) is 82.7 cm³/mol. The van der Waals surface area contributed by atoms with Crippen LogP contribution in [-0.2, 0) is 0 Å². The van der Waals surface area contributed by atoms with Crippen molar-refractivity contribution in [2.75, 3.05) is 6.61 Å². The first kappa shape index (κ1) is 15.6. The summed E-state index contributed by atoms with van der Waals surface area (Å²) in [6, 6.07) is 4.43. The lowest BCUT2D eigenvalue weighted by Gasteiger charge is -2.20. The van der Waals surface area contributed by atoms with E-state index in [4.69, 9.17) is 4.74 Å². The van der Waals surface area contributed by atoms with E-state index >= 15 is 0 Å².